The van der Waals surface area contributed by atoms with Gasteiger partial charge in [-0.05, 0) is 154 Å². The van der Waals surface area contributed by atoms with E-state index in [-0.39, 0.29) is 47.8 Å². The first-order valence-corrected chi connectivity index (χ1v) is 28.6. The van der Waals surface area contributed by atoms with Crippen LogP contribution in [0, 0.1) is 6.92 Å². The summed E-state index contributed by atoms with van der Waals surface area (Å²) in [5.41, 5.74) is 12.9. The van der Waals surface area contributed by atoms with E-state index in [2.05, 4.69) is 43.0 Å². The van der Waals surface area contributed by atoms with Crippen LogP contribution in [0.5, 0.6) is 17.2 Å². The van der Waals surface area contributed by atoms with Crippen molar-refractivity contribution in [3.8, 4) is 17.2 Å². The second-order valence-corrected chi connectivity index (χ2v) is 23.6. The monoisotopic (exact) mass is 1050 g/mol. The van der Waals surface area contributed by atoms with E-state index >= 15 is 0 Å². The number of fused-ring (bicyclic) bond motifs is 8. The fourth-order valence-corrected chi connectivity index (χ4v) is 13.1. The number of benzene rings is 5. The highest BCUT2D eigenvalue weighted by atomic mass is 33.1. The largest absolute Gasteiger partial charge is 0.493 e. The van der Waals surface area contributed by atoms with E-state index in [1.165, 1.54) is 5.56 Å². The number of Topliss-reactive ketones (excluding diaryl/α,β-unsaturated/α-hetero) is 1. The summed E-state index contributed by atoms with van der Waals surface area (Å²) in [6.07, 6.45) is 11.3. The number of anilines is 3. The summed E-state index contributed by atoms with van der Waals surface area (Å²) in [7, 11) is 7.02. The Balaban J connectivity index is 0.880. The Bertz CT molecular complexity index is 2980. The number of para-hydroxylation sites is 2. The molecule has 0 saturated carbocycles. The Morgan fingerprint density at radius 1 is 0.787 bits per heavy atom. The lowest BCUT2D eigenvalue weighted by molar-refractivity contribution is -0.401. The van der Waals surface area contributed by atoms with E-state index in [0.29, 0.717) is 84.2 Å². The van der Waals surface area contributed by atoms with Gasteiger partial charge in [0.2, 0.25) is 11.8 Å². The van der Waals surface area contributed by atoms with Gasteiger partial charge in [0.15, 0.2) is 11.5 Å². The number of hydroxylamine groups is 1. The van der Waals surface area contributed by atoms with Crippen LogP contribution in [0.25, 0.3) is 0 Å². The first-order chi connectivity index (χ1) is 36.3. The Hall–Kier alpha value is -6.13. The third-order valence-electron chi connectivity index (χ3n) is 14.3. The predicted octanol–water partition coefficient (Wildman–Crippen LogP) is 11.4. The molecule has 0 bridgehead atoms. The van der Waals surface area contributed by atoms with E-state index in [1.54, 1.807) is 28.7 Å². The van der Waals surface area contributed by atoms with Gasteiger partial charge in [-0.1, -0.05) is 71.0 Å². The van der Waals surface area contributed by atoms with E-state index in [4.69, 9.17) is 19.0 Å². The van der Waals surface area contributed by atoms with E-state index in [1.807, 2.05) is 114 Å². The lowest BCUT2D eigenvalue weighted by atomic mass is 9.99. The van der Waals surface area contributed by atoms with Crippen molar-refractivity contribution in [2.45, 2.75) is 128 Å². The highest BCUT2D eigenvalue weighted by molar-refractivity contribution is 8.77. The number of nitrogens with zero attached hydrogens (tertiary/aromatic N) is 3. The molecule has 0 unspecified atom stereocenters. The zero-order valence-corrected chi connectivity index (χ0v) is 45.7. The molecule has 0 radical (unpaired) electrons. The first-order valence-electron chi connectivity index (χ1n) is 26.3. The number of carbonyl (C=O) groups excluding carboxylic acids is 4. The predicted molar refractivity (Wildman–Crippen MR) is 300 cm³/mol. The number of ether oxygens (including phenoxy) is 3. The van der Waals surface area contributed by atoms with Gasteiger partial charge in [0.1, 0.15) is 31.8 Å². The maximum absolute atomic E-state index is 14.2. The van der Waals surface area contributed by atoms with Crippen LogP contribution in [0.2, 0.25) is 0 Å². The first kappa shape index (κ1) is 53.7. The summed E-state index contributed by atoms with van der Waals surface area (Å²) in [4.78, 5) is 63.6. The number of nitrogens with one attached hydrogen (secondary N) is 2. The van der Waals surface area contributed by atoms with Gasteiger partial charge < -0.3 is 38.7 Å². The summed E-state index contributed by atoms with van der Waals surface area (Å²) in [6, 6.07) is 29.5. The lowest BCUT2D eigenvalue weighted by Gasteiger charge is -2.23. The maximum atomic E-state index is 14.2. The molecule has 2 atom stereocenters. The van der Waals surface area contributed by atoms with Gasteiger partial charge in [-0.25, -0.2) is 5.48 Å². The normalized spacial score (nSPS) is 16.4. The molecule has 0 saturated heterocycles. The molecule has 0 aliphatic carbocycles. The molecule has 394 valence electrons. The number of hydrogen-bond acceptors (Lipinski definition) is 11. The molecule has 4 aliphatic rings. The van der Waals surface area contributed by atoms with Gasteiger partial charge in [-0.15, -0.1) is 0 Å². The quantitative estimate of drug-likeness (QED) is 0.0201. The SMILES string of the molecule is CCNOCCCCC(=O)CCCSSC(C)(C)CCC(=O)Nc1cc(COc2cc3c(cc2C)C(=O)N2c4ccccc4C[C@H]2[C-]=[N+]3C)cc(COc2cc3c(cc2OC)C(=O)N2c4ccccc4C[C@H]2CC3)c1. The van der Waals surface area contributed by atoms with Crippen LogP contribution in [0.4, 0.5) is 22.7 Å². The summed E-state index contributed by atoms with van der Waals surface area (Å²) >= 11 is 0. The Morgan fingerprint density at radius 3 is 2.23 bits per heavy atom. The molecular formula is C60H69N5O8S2. The van der Waals surface area contributed by atoms with Crippen molar-refractivity contribution in [3.63, 3.8) is 0 Å². The van der Waals surface area contributed by atoms with Crippen LogP contribution in [0.15, 0.2) is 91.0 Å². The summed E-state index contributed by atoms with van der Waals surface area (Å²) < 4.78 is 20.8. The van der Waals surface area contributed by atoms with Gasteiger partial charge in [0.05, 0.1) is 19.4 Å². The van der Waals surface area contributed by atoms with Crippen LogP contribution >= 0.6 is 21.6 Å². The van der Waals surface area contributed by atoms with Crippen LogP contribution in [-0.2, 0) is 46.9 Å². The minimum absolute atomic E-state index is 0.0289. The highest BCUT2D eigenvalue weighted by Crippen LogP contribution is 2.43. The summed E-state index contributed by atoms with van der Waals surface area (Å²) in [5.74, 6) is 2.58. The topological polar surface area (TPSA) is 139 Å². The Kier molecular flexibility index (Phi) is 17.4. The van der Waals surface area contributed by atoms with Gasteiger partial charge in [0, 0.05) is 82.8 Å². The second kappa shape index (κ2) is 24.3. The molecule has 3 amide bonds. The van der Waals surface area contributed by atoms with Crippen molar-refractivity contribution in [2.24, 2.45) is 0 Å². The Morgan fingerprint density at radius 2 is 1.48 bits per heavy atom. The molecule has 5 aromatic carbocycles. The average Bonchev–Trinajstić information content (AvgIpc) is 3.93. The highest BCUT2D eigenvalue weighted by Gasteiger charge is 2.38. The Labute approximate surface area is 449 Å². The second-order valence-electron chi connectivity index (χ2n) is 20.5. The standard InChI is InChI=1S/C60H69N5O8S2/c1-7-61-73-25-13-12-17-48(66)18-14-26-74-75-60(3,4)24-23-57(67)62-45-29-40(37-71-54-35-53-50(27-39(54)2)59(69)65-47(36-63(53)5)32-44-16-9-11-20-52(44)65)28-41(30-45)38-72-56-33-42-21-22-46-31-43-15-8-10-19-51(43)64(46)58(68)49(42)34-55(56)70-6/h8-11,15-16,19-20,27-30,33-35,46-47,61H,7,12-14,17-18,21-26,31-32,37-38H2,1-6H3,(H,62,67)/t46-,47+/m1/s1. The molecular weight excluding hydrogens is 983 g/mol. The molecule has 0 fully saturated rings. The van der Waals surface area contributed by atoms with Crippen molar-refractivity contribution in [3.05, 3.63) is 136 Å². The molecule has 0 aromatic heterocycles. The smallest absolute Gasteiger partial charge is 0.258 e. The number of ketones is 1. The number of hydrogen-bond donors (Lipinski definition) is 2. The van der Waals surface area contributed by atoms with Crippen LogP contribution in [0.3, 0.4) is 0 Å². The molecule has 2 N–H and O–H groups in total. The zero-order chi connectivity index (χ0) is 52.6. The number of rotatable bonds is 24. The minimum atomic E-state index is -0.216. The summed E-state index contributed by atoms with van der Waals surface area (Å²) in [5, 5.41) is 3.17. The number of aryl methyl sites for hydroxylation is 2. The summed E-state index contributed by atoms with van der Waals surface area (Å²) in [6.45, 7) is 9.93. The van der Waals surface area contributed by atoms with E-state index in [0.717, 1.165) is 90.0 Å². The van der Waals surface area contributed by atoms with Crippen molar-refractivity contribution < 1.29 is 42.8 Å². The van der Waals surface area contributed by atoms with Gasteiger partial charge in [-0.2, -0.15) is 0 Å². The van der Waals surface area contributed by atoms with Crippen molar-refractivity contribution in [2.75, 3.05) is 48.2 Å². The van der Waals surface area contributed by atoms with Crippen LogP contribution in [-0.4, -0.2) is 84.2 Å². The molecule has 75 heavy (non-hydrogen) atoms. The van der Waals surface area contributed by atoms with Gasteiger partial charge >= 0.3 is 0 Å². The molecule has 9 rings (SSSR count). The molecule has 4 heterocycles. The third-order valence-corrected chi connectivity index (χ3v) is 17.8. The number of unbranched alkanes of at least 4 members (excludes halogenated alkanes) is 1. The fraction of sp³-hybridized carbons (Fsp3) is 0.417. The van der Waals surface area contributed by atoms with Crippen molar-refractivity contribution in [1.29, 1.82) is 0 Å². The number of amides is 3. The van der Waals surface area contributed by atoms with Crippen LogP contribution < -0.4 is 34.8 Å². The van der Waals surface area contributed by atoms with Gasteiger partial charge in [0.25, 0.3) is 5.91 Å². The minimum Gasteiger partial charge on any atom is -0.493 e. The fourth-order valence-electron chi connectivity index (χ4n) is 10.5. The van der Waals surface area contributed by atoms with E-state index in [9.17, 15) is 19.2 Å². The molecule has 0 spiro atoms. The molecule has 5 aromatic rings. The maximum Gasteiger partial charge on any atom is 0.258 e. The van der Waals surface area contributed by atoms with Gasteiger partial charge in [-0.3, -0.25) is 19.2 Å². The van der Waals surface area contributed by atoms with E-state index < -0.39 is 0 Å². The van der Waals surface area contributed by atoms with Crippen molar-refractivity contribution >= 4 is 74.1 Å². The number of methoxy groups -OCH3 is 1. The number of carbonyl (C=O) groups is 4. The third kappa shape index (κ3) is 12.8. The molecule has 13 nitrogen and oxygen atoms in total. The average molecular weight is 1050 g/mol. The molecule has 15 heteroatoms. The zero-order valence-electron chi connectivity index (χ0n) is 44.1. The lowest BCUT2D eigenvalue weighted by Crippen LogP contribution is -2.38. The van der Waals surface area contributed by atoms with Crippen LogP contribution in [0.1, 0.15) is 126 Å². The van der Waals surface area contributed by atoms with Crippen molar-refractivity contribution in [1.82, 2.24) is 5.48 Å². The molecule has 4 aliphatic heterocycles.